The van der Waals surface area contributed by atoms with Crippen LogP contribution in [0.25, 0.3) is 0 Å². The molecule has 1 N–H and O–H groups in total. The maximum absolute atomic E-state index is 14.1. The van der Waals surface area contributed by atoms with E-state index in [1.54, 1.807) is 35.2 Å². The number of hydrogen-bond donors (Lipinski definition) is 1. The molecule has 0 aromatic heterocycles. The van der Waals surface area contributed by atoms with Crippen molar-refractivity contribution in [1.29, 1.82) is 0 Å². The van der Waals surface area contributed by atoms with Crippen LogP contribution < -0.4 is 9.62 Å². The van der Waals surface area contributed by atoms with Crippen LogP contribution in [0.15, 0.2) is 83.8 Å². The highest BCUT2D eigenvalue weighted by Gasteiger charge is 2.33. The Labute approximate surface area is 239 Å². The number of unbranched alkanes of at least 4 members (excludes halogenated alkanes) is 1. The molecule has 1 unspecified atom stereocenters. The van der Waals surface area contributed by atoms with E-state index < -0.39 is 28.5 Å². The van der Waals surface area contributed by atoms with E-state index in [0.717, 1.165) is 33.8 Å². The van der Waals surface area contributed by atoms with Gasteiger partial charge in [-0.1, -0.05) is 74.9 Å². The van der Waals surface area contributed by atoms with E-state index in [2.05, 4.69) is 5.32 Å². The molecule has 0 saturated carbocycles. The number of carbonyl (C=O) groups excluding carboxylic acids is 2. The molecule has 40 heavy (non-hydrogen) atoms. The topological polar surface area (TPSA) is 86.8 Å². The van der Waals surface area contributed by atoms with Gasteiger partial charge in [0.15, 0.2) is 0 Å². The SMILES string of the molecule is CCCCNC(=O)C(CC)N(CCc1ccccc1)C(=O)CN(c1ccc(C)c(C)c1)S(=O)(=O)c1ccccc1. The number of aryl methyl sites for hydroxylation is 2. The van der Waals surface area contributed by atoms with E-state index in [9.17, 15) is 18.0 Å². The van der Waals surface area contributed by atoms with Crippen molar-refractivity contribution in [3.8, 4) is 0 Å². The number of nitrogens with zero attached hydrogens (tertiary/aromatic N) is 2. The predicted octanol–water partition coefficient (Wildman–Crippen LogP) is 5.26. The lowest BCUT2D eigenvalue weighted by atomic mass is 10.1. The van der Waals surface area contributed by atoms with E-state index in [-0.39, 0.29) is 17.3 Å². The monoisotopic (exact) mass is 563 g/mol. The molecular weight excluding hydrogens is 522 g/mol. The number of carbonyl (C=O) groups is 2. The van der Waals surface area contributed by atoms with Crippen molar-refractivity contribution in [3.05, 3.63) is 95.6 Å². The molecule has 0 aliphatic carbocycles. The van der Waals surface area contributed by atoms with Gasteiger partial charge in [-0.2, -0.15) is 0 Å². The van der Waals surface area contributed by atoms with E-state index in [1.165, 1.54) is 12.1 Å². The Balaban J connectivity index is 1.99. The van der Waals surface area contributed by atoms with Crippen LogP contribution in [0.3, 0.4) is 0 Å². The summed E-state index contributed by atoms with van der Waals surface area (Å²) in [5.74, 6) is -0.646. The Kier molecular flexibility index (Phi) is 11.3. The van der Waals surface area contributed by atoms with E-state index in [1.807, 2.05) is 64.1 Å². The smallest absolute Gasteiger partial charge is 0.264 e. The fraction of sp³-hybridized carbons (Fsp3) is 0.375. The summed E-state index contributed by atoms with van der Waals surface area (Å²) in [6.07, 6.45) is 2.74. The highest BCUT2D eigenvalue weighted by atomic mass is 32.2. The number of hydrogen-bond acceptors (Lipinski definition) is 4. The molecule has 7 nitrogen and oxygen atoms in total. The molecule has 3 rings (SSSR count). The van der Waals surface area contributed by atoms with Crippen molar-refractivity contribution >= 4 is 27.5 Å². The summed E-state index contributed by atoms with van der Waals surface area (Å²) < 4.78 is 28.9. The van der Waals surface area contributed by atoms with Crippen LogP contribution in [0.2, 0.25) is 0 Å². The van der Waals surface area contributed by atoms with Crippen LogP contribution in [0.5, 0.6) is 0 Å². The summed E-state index contributed by atoms with van der Waals surface area (Å²) in [4.78, 5) is 28.9. The molecule has 214 valence electrons. The van der Waals surface area contributed by atoms with Crippen LogP contribution in [-0.4, -0.2) is 50.8 Å². The zero-order valence-corrected chi connectivity index (χ0v) is 24.8. The zero-order chi connectivity index (χ0) is 29.1. The largest absolute Gasteiger partial charge is 0.354 e. The van der Waals surface area contributed by atoms with E-state index >= 15 is 0 Å². The average molecular weight is 564 g/mol. The van der Waals surface area contributed by atoms with Gasteiger partial charge in [0.25, 0.3) is 10.0 Å². The third-order valence-electron chi connectivity index (χ3n) is 7.09. The second-order valence-corrected chi connectivity index (χ2v) is 11.8. The maximum atomic E-state index is 14.1. The quantitative estimate of drug-likeness (QED) is 0.271. The first-order chi connectivity index (χ1) is 19.2. The molecule has 0 heterocycles. The highest BCUT2D eigenvalue weighted by Crippen LogP contribution is 2.26. The lowest BCUT2D eigenvalue weighted by molar-refractivity contribution is -0.139. The van der Waals surface area contributed by atoms with E-state index in [4.69, 9.17) is 0 Å². The number of amides is 2. The molecule has 0 aliphatic rings. The van der Waals surface area contributed by atoms with Gasteiger partial charge in [0.05, 0.1) is 10.6 Å². The van der Waals surface area contributed by atoms with Gasteiger partial charge in [-0.3, -0.25) is 13.9 Å². The van der Waals surface area contributed by atoms with Crippen LogP contribution in [0.4, 0.5) is 5.69 Å². The second-order valence-electron chi connectivity index (χ2n) is 9.98. The number of anilines is 1. The van der Waals surface area contributed by atoms with Gasteiger partial charge in [-0.25, -0.2) is 8.42 Å². The molecule has 2 amide bonds. The van der Waals surface area contributed by atoms with Gasteiger partial charge in [0.2, 0.25) is 11.8 Å². The zero-order valence-electron chi connectivity index (χ0n) is 24.0. The number of sulfonamides is 1. The summed E-state index contributed by atoms with van der Waals surface area (Å²) in [7, 11) is -4.06. The normalized spacial score (nSPS) is 12.0. The molecule has 3 aromatic carbocycles. The summed E-state index contributed by atoms with van der Waals surface area (Å²) in [5, 5.41) is 2.96. The molecule has 3 aromatic rings. The molecule has 0 radical (unpaired) electrons. The first-order valence-corrected chi connectivity index (χ1v) is 15.4. The van der Waals surface area contributed by atoms with Gasteiger partial charge in [0.1, 0.15) is 12.6 Å². The molecule has 0 saturated heterocycles. The predicted molar refractivity (Wildman–Crippen MR) is 161 cm³/mol. The standard InChI is InChI=1S/C32H41N3O4S/c1-5-7-21-33-32(37)30(6-2)34(22-20-27-14-10-8-11-15-27)31(36)24-35(28-19-18-25(3)26(4)23-28)40(38,39)29-16-12-9-13-17-29/h8-19,23,30H,5-7,20-22,24H2,1-4H3,(H,33,37). The van der Waals surface area contributed by atoms with Crippen molar-refractivity contribution < 1.29 is 18.0 Å². The summed E-state index contributed by atoms with van der Waals surface area (Å²) >= 11 is 0. The van der Waals surface area contributed by atoms with Gasteiger partial charge >= 0.3 is 0 Å². The molecule has 8 heteroatoms. The minimum absolute atomic E-state index is 0.0983. The Morgan fingerprint density at radius 3 is 2.12 bits per heavy atom. The summed E-state index contributed by atoms with van der Waals surface area (Å²) in [6, 6.07) is 22.5. The van der Waals surface area contributed by atoms with Crippen LogP contribution in [0.1, 0.15) is 49.8 Å². The fourth-order valence-electron chi connectivity index (χ4n) is 4.53. The van der Waals surface area contributed by atoms with Crippen LogP contribution >= 0.6 is 0 Å². The minimum atomic E-state index is -4.06. The Bertz CT molecular complexity index is 1360. The minimum Gasteiger partial charge on any atom is -0.354 e. The molecule has 0 fully saturated rings. The Hall–Kier alpha value is -3.65. The summed E-state index contributed by atoms with van der Waals surface area (Å²) in [5.41, 5.74) is 3.38. The lowest BCUT2D eigenvalue weighted by Gasteiger charge is -2.33. The van der Waals surface area contributed by atoms with Crippen molar-refractivity contribution in [1.82, 2.24) is 10.2 Å². The first-order valence-electron chi connectivity index (χ1n) is 13.9. The molecule has 0 spiro atoms. The van der Waals surface area contributed by atoms with Crippen molar-refractivity contribution in [3.63, 3.8) is 0 Å². The third kappa shape index (κ3) is 7.94. The Morgan fingerprint density at radius 2 is 1.52 bits per heavy atom. The van der Waals surface area contributed by atoms with Crippen molar-refractivity contribution in [2.75, 3.05) is 23.9 Å². The lowest BCUT2D eigenvalue weighted by Crippen LogP contribution is -2.53. The number of nitrogens with one attached hydrogen (secondary N) is 1. The number of benzene rings is 3. The summed E-state index contributed by atoms with van der Waals surface area (Å²) in [6.45, 7) is 8.18. The molecule has 0 aliphatic heterocycles. The molecule has 1 atom stereocenters. The van der Waals surface area contributed by atoms with Crippen molar-refractivity contribution in [2.24, 2.45) is 0 Å². The van der Waals surface area contributed by atoms with Crippen LogP contribution in [-0.2, 0) is 26.0 Å². The van der Waals surface area contributed by atoms with Gasteiger partial charge in [-0.15, -0.1) is 0 Å². The van der Waals surface area contributed by atoms with Crippen LogP contribution in [0, 0.1) is 13.8 Å². The van der Waals surface area contributed by atoms with E-state index in [0.29, 0.717) is 25.1 Å². The Morgan fingerprint density at radius 1 is 0.875 bits per heavy atom. The molecular formula is C32H41N3O4S. The average Bonchev–Trinajstić information content (AvgIpc) is 2.96. The fourth-order valence-corrected chi connectivity index (χ4v) is 5.96. The van der Waals surface area contributed by atoms with Gasteiger partial charge in [0, 0.05) is 13.1 Å². The van der Waals surface area contributed by atoms with Gasteiger partial charge < -0.3 is 10.2 Å². The number of rotatable bonds is 14. The second kappa shape index (κ2) is 14.7. The first kappa shape index (κ1) is 30.9. The van der Waals surface area contributed by atoms with Crippen molar-refractivity contribution in [2.45, 2.75) is 64.3 Å². The van der Waals surface area contributed by atoms with Gasteiger partial charge in [-0.05, 0) is 74.1 Å². The maximum Gasteiger partial charge on any atom is 0.264 e. The molecule has 0 bridgehead atoms. The third-order valence-corrected chi connectivity index (χ3v) is 8.88. The highest BCUT2D eigenvalue weighted by molar-refractivity contribution is 7.92.